The first-order valence-corrected chi connectivity index (χ1v) is 7.49. The second-order valence-electron chi connectivity index (χ2n) is 6.17. The van der Waals surface area contributed by atoms with Crippen molar-refractivity contribution in [2.75, 3.05) is 11.4 Å². The van der Waals surface area contributed by atoms with E-state index >= 15 is 0 Å². The van der Waals surface area contributed by atoms with Gasteiger partial charge in [0.2, 0.25) is 0 Å². The normalized spacial score (nSPS) is 11.1. The molecular formula is C16H20N4O4. The summed E-state index contributed by atoms with van der Waals surface area (Å²) in [6, 6.07) is 7.58. The standard InChI is InChI=1S/C16H20N4O4/c1-16(2,3)24-15(21)19(12-11-18-10-4-9-17-18)13-5-7-14(8-6-13)20(22)23/h4-10H,11-12H2,1-3H3. The molecule has 0 fully saturated rings. The number of benzene rings is 1. The van der Waals surface area contributed by atoms with Crippen LogP contribution in [0, 0.1) is 10.1 Å². The number of nitro groups is 1. The molecule has 0 spiro atoms. The molecule has 2 aromatic rings. The van der Waals surface area contributed by atoms with Crippen molar-refractivity contribution in [3.8, 4) is 0 Å². The molecule has 128 valence electrons. The highest BCUT2D eigenvalue weighted by atomic mass is 16.6. The molecule has 1 aromatic heterocycles. The molecule has 0 atom stereocenters. The van der Waals surface area contributed by atoms with Crippen LogP contribution in [-0.4, -0.2) is 32.9 Å². The van der Waals surface area contributed by atoms with Gasteiger partial charge in [0, 0.05) is 36.8 Å². The summed E-state index contributed by atoms with van der Waals surface area (Å²) in [5.41, 5.74) is -0.140. The summed E-state index contributed by atoms with van der Waals surface area (Å²) < 4.78 is 7.12. The smallest absolute Gasteiger partial charge is 0.414 e. The number of nitro benzene ring substituents is 1. The van der Waals surface area contributed by atoms with Gasteiger partial charge in [0.25, 0.3) is 5.69 Å². The third-order valence-electron chi connectivity index (χ3n) is 3.10. The summed E-state index contributed by atoms with van der Waals surface area (Å²) in [4.78, 5) is 24.2. The number of carbonyl (C=O) groups excluding carboxylic acids is 1. The van der Waals surface area contributed by atoms with Gasteiger partial charge in [0.05, 0.1) is 11.5 Å². The number of rotatable bonds is 5. The molecule has 0 saturated heterocycles. The second kappa shape index (κ2) is 7.12. The molecule has 0 bridgehead atoms. The minimum atomic E-state index is -0.637. The van der Waals surface area contributed by atoms with Gasteiger partial charge in [-0.1, -0.05) is 0 Å². The van der Waals surface area contributed by atoms with E-state index in [0.717, 1.165) is 0 Å². The maximum absolute atomic E-state index is 12.5. The highest BCUT2D eigenvalue weighted by Crippen LogP contribution is 2.21. The van der Waals surface area contributed by atoms with E-state index in [0.29, 0.717) is 18.8 Å². The van der Waals surface area contributed by atoms with Gasteiger partial charge in [-0.05, 0) is 39.0 Å². The van der Waals surface area contributed by atoms with E-state index in [9.17, 15) is 14.9 Å². The van der Waals surface area contributed by atoms with Crippen molar-refractivity contribution in [1.82, 2.24) is 9.78 Å². The van der Waals surface area contributed by atoms with E-state index in [2.05, 4.69) is 5.10 Å². The fraction of sp³-hybridized carbons (Fsp3) is 0.375. The summed E-state index contributed by atoms with van der Waals surface area (Å²) in [6.07, 6.45) is 2.94. The van der Waals surface area contributed by atoms with Gasteiger partial charge in [-0.3, -0.25) is 19.7 Å². The first-order valence-electron chi connectivity index (χ1n) is 7.49. The van der Waals surface area contributed by atoms with Crippen molar-refractivity contribution >= 4 is 17.5 Å². The number of hydrogen-bond donors (Lipinski definition) is 0. The van der Waals surface area contributed by atoms with Crippen LogP contribution in [0.5, 0.6) is 0 Å². The Bertz CT molecular complexity index is 690. The molecule has 0 N–H and O–H groups in total. The van der Waals surface area contributed by atoms with Crippen LogP contribution in [0.3, 0.4) is 0 Å². The molecule has 1 heterocycles. The van der Waals surface area contributed by atoms with Gasteiger partial charge >= 0.3 is 6.09 Å². The van der Waals surface area contributed by atoms with E-state index in [1.807, 2.05) is 0 Å². The van der Waals surface area contributed by atoms with Crippen molar-refractivity contribution in [2.45, 2.75) is 32.9 Å². The molecule has 8 nitrogen and oxygen atoms in total. The zero-order valence-electron chi connectivity index (χ0n) is 13.9. The SMILES string of the molecule is CC(C)(C)OC(=O)N(CCn1cccn1)c1ccc([N+](=O)[O-])cc1. The largest absolute Gasteiger partial charge is 0.443 e. The molecule has 0 unspecified atom stereocenters. The molecular weight excluding hydrogens is 312 g/mol. The Kier molecular flexibility index (Phi) is 5.18. The number of aromatic nitrogens is 2. The van der Waals surface area contributed by atoms with Gasteiger partial charge < -0.3 is 4.74 Å². The third-order valence-corrected chi connectivity index (χ3v) is 3.10. The predicted molar refractivity (Wildman–Crippen MR) is 88.9 cm³/mol. The summed E-state index contributed by atoms with van der Waals surface area (Å²) in [6.45, 7) is 6.16. The zero-order chi connectivity index (χ0) is 17.7. The van der Waals surface area contributed by atoms with Crippen LogP contribution in [0.25, 0.3) is 0 Å². The lowest BCUT2D eigenvalue weighted by atomic mass is 10.2. The van der Waals surface area contributed by atoms with Crippen molar-refractivity contribution in [3.05, 3.63) is 52.8 Å². The van der Waals surface area contributed by atoms with E-state index in [1.54, 1.807) is 43.9 Å². The van der Waals surface area contributed by atoms with E-state index in [-0.39, 0.29) is 5.69 Å². The number of carbonyl (C=O) groups is 1. The van der Waals surface area contributed by atoms with Crippen LogP contribution in [0.15, 0.2) is 42.7 Å². The number of anilines is 1. The highest BCUT2D eigenvalue weighted by molar-refractivity contribution is 5.88. The first kappa shape index (κ1) is 17.5. The summed E-state index contributed by atoms with van der Waals surface area (Å²) in [5, 5.41) is 14.9. The minimum Gasteiger partial charge on any atom is -0.443 e. The number of hydrogen-bond acceptors (Lipinski definition) is 5. The van der Waals surface area contributed by atoms with Crippen molar-refractivity contribution in [3.63, 3.8) is 0 Å². The van der Waals surface area contributed by atoms with Crippen molar-refractivity contribution in [2.24, 2.45) is 0 Å². The van der Waals surface area contributed by atoms with Gasteiger partial charge in [-0.25, -0.2) is 4.79 Å². The van der Waals surface area contributed by atoms with Gasteiger partial charge in [-0.15, -0.1) is 0 Å². The summed E-state index contributed by atoms with van der Waals surface area (Å²) in [7, 11) is 0. The average Bonchev–Trinajstić information content (AvgIpc) is 2.99. The Hall–Kier alpha value is -2.90. The molecule has 0 aliphatic rings. The van der Waals surface area contributed by atoms with Crippen LogP contribution < -0.4 is 4.90 Å². The average molecular weight is 332 g/mol. The molecule has 1 aromatic carbocycles. The monoisotopic (exact) mass is 332 g/mol. The van der Waals surface area contributed by atoms with E-state index in [4.69, 9.17) is 4.74 Å². The predicted octanol–water partition coefficient (Wildman–Crippen LogP) is 3.23. The molecule has 0 saturated carbocycles. The van der Waals surface area contributed by atoms with E-state index in [1.165, 1.54) is 29.2 Å². The Morgan fingerprint density at radius 2 is 2.00 bits per heavy atom. The molecule has 24 heavy (non-hydrogen) atoms. The quantitative estimate of drug-likeness (QED) is 0.619. The van der Waals surface area contributed by atoms with E-state index < -0.39 is 16.6 Å². The number of amides is 1. The lowest BCUT2D eigenvalue weighted by molar-refractivity contribution is -0.384. The molecule has 1 amide bonds. The lowest BCUT2D eigenvalue weighted by Crippen LogP contribution is -2.38. The van der Waals surface area contributed by atoms with Crippen LogP contribution in [-0.2, 0) is 11.3 Å². The van der Waals surface area contributed by atoms with Gasteiger partial charge in [0.1, 0.15) is 5.60 Å². The van der Waals surface area contributed by atoms with Crippen LogP contribution in [0.1, 0.15) is 20.8 Å². The highest BCUT2D eigenvalue weighted by Gasteiger charge is 2.23. The lowest BCUT2D eigenvalue weighted by Gasteiger charge is -2.27. The Labute approximate surface area is 139 Å². The summed E-state index contributed by atoms with van der Waals surface area (Å²) >= 11 is 0. The first-order chi connectivity index (χ1) is 11.3. The zero-order valence-corrected chi connectivity index (χ0v) is 13.9. The van der Waals surface area contributed by atoms with Gasteiger partial charge in [-0.2, -0.15) is 5.10 Å². The Balaban J connectivity index is 2.20. The molecule has 0 radical (unpaired) electrons. The Morgan fingerprint density at radius 1 is 1.33 bits per heavy atom. The molecule has 0 aliphatic carbocycles. The van der Waals surface area contributed by atoms with Crippen molar-refractivity contribution in [1.29, 1.82) is 0 Å². The fourth-order valence-electron chi connectivity index (χ4n) is 2.03. The maximum atomic E-state index is 12.5. The summed E-state index contributed by atoms with van der Waals surface area (Å²) in [5.74, 6) is 0. The number of ether oxygens (including phenoxy) is 1. The third kappa shape index (κ3) is 4.80. The minimum absolute atomic E-state index is 0.0324. The van der Waals surface area contributed by atoms with Crippen molar-refractivity contribution < 1.29 is 14.5 Å². The number of nitrogens with zero attached hydrogens (tertiary/aromatic N) is 4. The number of non-ortho nitro benzene ring substituents is 1. The second-order valence-corrected chi connectivity index (χ2v) is 6.17. The Morgan fingerprint density at radius 3 is 2.50 bits per heavy atom. The van der Waals surface area contributed by atoms with Crippen LogP contribution in [0.4, 0.5) is 16.2 Å². The maximum Gasteiger partial charge on any atom is 0.414 e. The molecule has 8 heteroatoms. The van der Waals surface area contributed by atoms with Crippen LogP contribution >= 0.6 is 0 Å². The topological polar surface area (TPSA) is 90.5 Å². The van der Waals surface area contributed by atoms with Gasteiger partial charge in [0.15, 0.2) is 0 Å². The fourth-order valence-corrected chi connectivity index (χ4v) is 2.03. The molecule has 2 rings (SSSR count). The van der Waals surface area contributed by atoms with Crippen LogP contribution in [0.2, 0.25) is 0 Å². The molecule has 0 aliphatic heterocycles.